The number of alkyl halides is 1. The number of hydrogen-bond donors (Lipinski definition) is 0. The van der Waals surface area contributed by atoms with E-state index in [1.165, 1.54) is 0 Å². The summed E-state index contributed by atoms with van der Waals surface area (Å²) < 4.78 is 25.0. The first-order valence-electron chi connectivity index (χ1n) is 4.56. The SMILES string of the molecule is C[C@@H]1CCC[C@H](C)N1S(=O)(=O)CBr. The minimum absolute atomic E-state index is 0.0364. The Morgan fingerprint density at radius 3 is 2.15 bits per heavy atom. The molecule has 0 spiro atoms. The molecule has 13 heavy (non-hydrogen) atoms. The van der Waals surface area contributed by atoms with E-state index in [2.05, 4.69) is 15.9 Å². The summed E-state index contributed by atoms with van der Waals surface area (Å²) in [5.41, 5.74) is 0. The highest BCUT2D eigenvalue weighted by Crippen LogP contribution is 2.26. The molecule has 0 bridgehead atoms. The molecular weight excluding hydrogens is 254 g/mol. The first-order chi connectivity index (χ1) is 5.99. The van der Waals surface area contributed by atoms with Crippen LogP contribution in [0.2, 0.25) is 0 Å². The number of nitrogens with zero attached hydrogens (tertiary/aromatic N) is 1. The fourth-order valence-electron chi connectivity index (χ4n) is 2.00. The van der Waals surface area contributed by atoms with Crippen LogP contribution in [0.1, 0.15) is 33.1 Å². The third-order valence-electron chi connectivity index (χ3n) is 2.57. The van der Waals surface area contributed by atoms with Crippen LogP contribution in [0, 0.1) is 0 Å². The second-order valence-electron chi connectivity index (χ2n) is 3.68. The molecule has 0 saturated carbocycles. The van der Waals surface area contributed by atoms with E-state index in [9.17, 15) is 8.42 Å². The van der Waals surface area contributed by atoms with Gasteiger partial charge in [-0.15, -0.1) is 0 Å². The van der Waals surface area contributed by atoms with Gasteiger partial charge in [-0.05, 0) is 26.7 Å². The normalized spacial score (nSPS) is 31.9. The van der Waals surface area contributed by atoms with Gasteiger partial charge in [0.1, 0.15) is 4.66 Å². The molecule has 1 fully saturated rings. The van der Waals surface area contributed by atoms with Gasteiger partial charge in [0, 0.05) is 12.1 Å². The highest BCUT2D eigenvalue weighted by molar-refractivity contribution is 9.10. The van der Waals surface area contributed by atoms with E-state index >= 15 is 0 Å². The molecule has 0 unspecified atom stereocenters. The second kappa shape index (κ2) is 4.28. The summed E-state index contributed by atoms with van der Waals surface area (Å²) in [6, 6.07) is 0.317. The zero-order chi connectivity index (χ0) is 10.1. The number of sulfonamides is 1. The number of piperidine rings is 1. The number of halogens is 1. The van der Waals surface area contributed by atoms with Crippen molar-refractivity contribution in [2.45, 2.75) is 45.2 Å². The summed E-state index contributed by atoms with van der Waals surface area (Å²) in [6.07, 6.45) is 3.10. The zero-order valence-corrected chi connectivity index (χ0v) is 10.4. The molecule has 1 saturated heterocycles. The predicted octanol–water partition coefficient (Wildman–Crippen LogP) is 1.93. The van der Waals surface area contributed by atoms with Gasteiger partial charge in [-0.25, -0.2) is 8.42 Å². The largest absolute Gasteiger partial charge is 0.224 e. The lowest BCUT2D eigenvalue weighted by Gasteiger charge is -2.37. The van der Waals surface area contributed by atoms with E-state index in [-0.39, 0.29) is 16.7 Å². The summed E-state index contributed by atoms with van der Waals surface area (Å²) in [6.45, 7) is 3.96. The molecule has 3 nitrogen and oxygen atoms in total. The molecule has 1 heterocycles. The Hall–Kier alpha value is 0.390. The second-order valence-corrected chi connectivity index (χ2v) is 6.86. The summed E-state index contributed by atoms with van der Waals surface area (Å²) in [7, 11) is -3.07. The highest BCUT2D eigenvalue weighted by Gasteiger charge is 2.33. The molecule has 2 atom stereocenters. The third kappa shape index (κ3) is 2.44. The van der Waals surface area contributed by atoms with Crippen molar-refractivity contribution in [1.82, 2.24) is 4.31 Å². The Morgan fingerprint density at radius 2 is 1.77 bits per heavy atom. The maximum atomic E-state index is 11.7. The zero-order valence-electron chi connectivity index (χ0n) is 8.03. The Kier molecular flexibility index (Phi) is 3.77. The van der Waals surface area contributed by atoms with Crippen LogP contribution in [-0.4, -0.2) is 29.5 Å². The van der Waals surface area contributed by atoms with Crippen molar-refractivity contribution in [3.05, 3.63) is 0 Å². The molecule has 78 valence electrons. The van der Waals surface area contributed by atoms with Crippen molar-refractivity contribution in [1.29, 1.82) is 0 Å². The van der Waals surface area contributed by atoms with E-state index in [4.69, 9.17) is 0 Å². The topological polar surface area (TPSA) is 37.4 Å². The lowest BCUT2D eigenvalue weighted by atomic mass is 10.0. The van der Waals surface area contributed by atoms with E-state index in [1.807, 2.05) is 13.8 Å². The van der Waals surface area contributed by atoms with Gasteiger partial charge in [-0.1, -0.05) is 22.4 Å². The van der Waals surface area contributed by atoms with E-state index in [0.717, 1.165) is 19.3 Å². The lowest BCUT2D eigenvalue weighted by molar-refractivity contribution is 0.205. The molecule has 0 radical (unpaired) electrons. The molecule has 0 aromatic rings. The van der Waals surface area contributed by atoms with Gasteiger partial charge in [0.15, 0.2) is 0 Å². The molecular formula is C8H16BrNO2S. The number of hydrogen-bond acceptors (Lipinski definition) is 2. The number of rotatable bonds is 2. The van der Waals surface area contributed by atoms with Crippen LogP contribution in [-0.2, 0) is 10.0 Å². The summed E-state index contributed by atoms with van der Waals surface area (Å²) in [5, 5.41) is 0. The third-order valence-corrected chi connectivity index (χ3v) is 5.95. The van der Waals surface area contributed by atoms with Gasteiger partial charge in [0.25, 0.3) is 0 Å². The summed E-state index contributed by atoms with van der Waals surface area (Å²) in [4.78, 5) is 0. The van der Waals surface area contributed by atoms with Gasteiger partial charge >= 0.3 is 0 Å². The van der Waals surface area contributed by atoms with Crippen LogP contribution < -0.4 is 0 Å². The fourth-order valence-corrected chi connectivity index (χ4v) is 4.13. The minimum Gasteiger partial charge on any atom is -0.211 e. The van der Waals surface area contributed by atoms with Crippen LogP contribution in [0.5, 0.6) is 0 Å². The van der Waals surface area contributed by atoms with E-state index in [0.29, 0.717) is 0 Å². The summed E-state index contributed by atoms with van der Waals surface area (Å²) >= 11 is 3.03. The molecule has 1 rings (SSSR count). The highest BCUT2D eigenvalue weighted by atomic mass is 79.9. The van der Waals surface area contributed by atoms with Gasteiger partial charge in [0.2, 0.25) is 10.0 Å². The molecule has 0 N–H and O–H groups in total. The first-order valence-corrected chi connectivity index (χ1v) is 7.29. The monoisotopic (exact) mass is 269 g/mol. The van der Waals surface area contributed by atoms with E-state index < -0.39 is 10.0 Å². The fraction of sp³-hybridized carbons (Fsp3) is 1.00. The van der Waals surface area contributed by atoms with Crippen molar-refractivity contribution in [3.8, 4) is 0 Å². The molecule has 1 aliphatic heterocycles. The molecule has 0 aliphatic carbocycles. The smallest absolute Gasteiger partial charge is 0.211 e. The molecule has 5 heteroatoms. The predicted molar refractivity (Wildman–Crippen MR) is 57.3 cm³/mol. The van der Waals surface area contributed by atoms with Crippen LogP contribution in [0.3, 0.4) is 0 Å². The van der Waals surface area contributed by atoms with Gasteiger partial charge < -0.3 is 0 Å². The average Bonchev–Trinajstić information content (AvgIpc) is 2.03. The van der Waals surface area contributed by atoms with Crippen molar-refractivity contribution in [2.24, 2.45) is 0 Å². The van der Waals surface area contributed by atoms with Crippen LogP contribution >= 0.6 is 15.9 Å². The Bertz CT molecular complexity index is 255. The van der Waals surface area contributed by atoms with E-state index in [1.54, 1.807) is 4.31 Å². The summed E-state index contributed by atoms with van der Waals surface area (Å²) in [5.74, 6) is 0. The van der Waals surface area contributed by atoms with Gasteiger partial charge in [-0.3, -0.25) is 0 Å². The maximum Gasteiger partial charge on any atom is 0.224 e. The van der Waals surface area contributed by atoms with Gasteiger partial charge in [0.05, 0.1) is 0 Å². The van der Waals surface area contributed by atoms with Gasteiger partial charge in [-0.2, -0.15) is 4.31 Å². The van der Waals surface area contributed by atoms with Crippen molar-refractivity contribution in [2.75, 3.05) is 4.66 Å². The van der Waals surface area contributed by atoms with Crippen molar-refractivity contribution < 1.29 is 8.42 Å². The van der Waals surface area contributed by atoms with Crippen molar-refractivity contribution in [3.63, 3.8) is 0 Å². The molecule has 1 aliphatic rings. The first kappa shape index (κ1) is 11.5. The molecule has 0 aromatic heterocycles. The van der Waals surface area contributed by atoms with Crippen molar-refractivity contribution >= 4 is 26.0 Å². The Morgan fingerprint density at radius 1 is 1.31 bits per heavy atom. The standard InChI is InChI=1S/C8H16BrNO2S/c1-7-4-3-5-8(2)10(7)13(11,12)6-9/h7-8H,3-6H2,1-2H3/t7-,8+. The van der Waals surface area contributed by atoms with Crippen LogP contribution in [0.25, 0.3) is 0 Å². The molecule has 0 aromatic carbocycles. The van der Waals surface area contributed by atoms with Crippen LogP contribution in [0.15, 0.2) is 0 Å². The minimum atomic E-state index is -3.07. The van der Waals surface area contributed by atoms with Crippen LogP contribution in [0.4, 0.5) is 0 Å². The Balaban J connectivity index is 2.86. The average molecular weight is 270 g/mol. The Labute approximate surface area is 88.7 Å². The quantitative estimate of drug-likeness (QED) is 0.719. The molecule has 0 amide bonds. The maximum absolute atomic E-state index is 11.7. The lowest BCUT2D eigenvalue weighted by Crippen LogP contribution is -2.47.